The standard InChI is InChI=1S/C20H26F3NO13/c1-8(25)33-7-13(35-10(3)27)15(36-11(4)28)16-14(24-17(29)20(21,22)23)12(34-9(2)26)6-19(31,37-16)18(30)32-5/h12-16,31H,6-7H2,1-5H3,(H,24,29)/t12-,13+,14+,15+,16+,19-/m0/s1. The number of ether oxygens (including phenoxy) is 6. The number of carbonyl (C=O) groups is 6. The molecule has 1 saturated heterocycles. The lowest BCUT2D eigenvalue weighted by atomic mass is 9.88. The first-order valence-corrected chi connectivity index (χ1v) is 10.4. The van der Waals surface area contributed by atoms with Crippen LogP contribution in [0.1, 0.15) is 34.1 Å². The van der Waals surface area contributed by atoms with Crippen LogP contribution in [0.5, 0.6) is 0 Å². The van der Waals surface area contributed by atoms with Crippen LogP contribution in [0.2, 0.25) is 0 Å². The van der Waals surface area contributed by atoms with E-state index in [-0.39, 0.29) is 0 Å². The maximum atomic E-state index is 13.1. The Balaban J connectivity index is 3.76. The van der Waals surface area contributed by atoms with E-state index in [1.54, 1.807) is 0 Å². The summed E-state index contributed by atoms with van der Waals surface area (Å²) in [6, 6.07) is -2.07. The fraction of sp³-hybridized carbons (Fsp3) is 0.700. The number of amides is 1. The molecule has 6 atom stereocenters. The SMILES string of the molecule is COC(=O)[C@]1(O)C[C@H](OC(C)=O)[C@@H](NC(=O)C(F)(F)F)[C@H]([C@H](OC(C)=O)[C@@H](COC(C)=O)OC(C)=O)O1. The molecular formula is C20H26F3NO13. The molecular weight excluding hydrogens is 519 g/mol. The van der Waals surface area contributed by atoms with Gasteiger partial charge in [-0.05, 0) is 0 Å². The van der Waals surface area contributed by atoms with Crippen molar-refractivity contribution in [3.05, 3.63) is 0 Å². The van der Waals surface area contributed by atoms with E-state index in [4.69, 9.17) is 23.7 Å². The van der Waals surface area contributed by atoms with Crippen molar-refractivity contribution in [2.75, 3.05) is 13.7 Å². The van der Waals surface area contributed by atoms with Gasteiger partial charge in [0.05, 0.1) is 19.6 Å². The highest BCUT2D eigenvalue weighted by Crippen LogP contribution is 2.35. The van der Waals surface area contributed by atoms with Crippen LogP contribution in [-0.4, -0.2) is 97.0 Å². The van der Waals surface area contributed by atoms with Crippen molar-refractivity contribution in [3.63, 3.8) is 0 Å². The Morgan fingerprint density at radius 1 is 1.00 bits per heavy atom. The van der Waals surface area contributed by atoms with Crippen LogP contribution in [0.3, 0.4) is 0 Å². The van der Waals surface area contributed by atoms with Crippen LogP contribution in [-0.2, 0) is 57.2 Å². The maximum absolute atomic E-state index is 13.1. The first-order chi connectivity index (χ1) is 16.9. The summed E-state index contributed by atoms with van der Waals surface area (Å²) in [5.41, 5.74) is 0. The summed E-state index contributed by atoms with van der Waals surface area (Å²) in [5.74, 6) is -11.3. The van der Waals surface area contributed by atoms with Crippen molar-refractivity contribution in [2.24, 2.45) is 0 Å². The summed E-state index contributed by atoms with van der Waals surface area (Å²) in [4.78, 5) is 70.7. The summed E-state index contributed by atoms with van der Waals surface area (Å²) in [6.07, 6.45) is -14.4. The van der Waals surface area contributed by atoms with Gasteiger partial charge in [0.2, 0.25) is 0 Å². The van der Waals surface area contributed by atoms with E-state index in [2.05, 4.69) is 4.74 Å². The fourth-order valence-electron chi connectivity index (χ4n) is 3.41. The Morgan fingerprint density at radius 2 is 1.57 bits per heavy atom. The van der Waals surface area contributed by atoms with Crippen molar-refractivity contribution in [1.82, 2.24) is 5.32 Å². The zero-order valence-corrected chi connectivity index (χ0v) is 20.3. The topological polar surface area (TPSA) is 190 Å². The van der Waals surface area contributed by atoms with Crippen LogP contribution in [0.15, 0.2) is 0 Å². The highest BCUT2D eigenvalue weighted by molar-refractivity contribution is 5.82. The van der Waals surface area contributed by atoms with Gasteiger partial charge >= 0.3 is 41.9 Å². The van der Waals surface area contributed by atoms with Gasteiger partial charge in [0.1, 0.15) is 18.8 Å². The van der Waals surface area contributed by atoms with Crippen LogP contribution in [0.4, 0.5) is 13.2 Å². The van der Waals surface area contributed by atoms with Crippen molar-refractivity contribution in [2.45, 2.75) is 76.5 Å². The molecule has 0 bridgehead atoms. The third-order valence-corrected chi connectivity index (χ3v) is 4.70. The Morgan fingerprint density at radius 3 is 2.00 bits per heavy atom. The number of methoxy groups -OCH3 is 1. The number of hydrogen-bond acceptors (Lipinski definition) is 13. The molecule has 0 aromatic rings. The highest BCUT2D eigenvalue weighted by atomic mass is 19.4. The fourth-order valence-corrected chi connectivity index (χ4v) is 3.41. The molecule has 37 heavy (non-hydrogen) atoms. The molecule has 1 fully saturated rings. The van der Waals surface area contributed by atoms with Gasteiger partial charge < -0.3 is 38.8 Å². The van der Waals surface area contributed by atoms with Crippen molar-refractivity contribution in [1.29, 1.82) is 0 Å². The Hall–Kier alpha value is -3.47. The lowest BCUT2D eigenvalue weighted by Crippen LogP contribution is -2.69. The number of halogens is 3. The number of hydrogen-bond donors (Lipinski definition) is 2. The first-order valence-electron chi connectivity index (χ1n) is 10.4. The minimum absolute atomic E-state index is 0.822. The lowest BCUT2D eigenvalue weighted by molar-refractivity contribution is -0.299. The van der Waals surface area contributed by atoms with E-state index < -0.39 is 91.2 Å². The van der Waals surface area contributed by atoms with Gasteiger partial charge in [0, 0.05) is 27.7 Å². The number of nitrogens with one attached hydrogen (secondary N) is 1. The number of carbonyl (C=O) groups excluding carboxylic acids is 6. The van der Waals surface area contributed by atoms with Gasteiger partial charge in [-0.25, -0.2) is 4.79 Å². The molecule has 0 saturated carbocycles. The van der Waals surface area contributed by atoms with Gasteiger partial charge in [-0.1, -0.05) is 0 Å². The Labute approximate surface area is 207 Å². The second-order valence-electron chi connectivity index (χ2n) is 7.73. The normalized spacial score (nSPS) is 25.1. The highest BCUT2D eigenvalue weighted by Gasteiger charge is 2.58. The smallest absolute Gasteiger partial charge is 0.465 e. The molecule has 14 nitrogen and oxygen atoms in total. The van der Waals surface area contributed by atoms with Gasteiger partial charge in [-0.3, -0.25) is 24.0 Å². The van der Waals surface area contributed by atoms with E-state index in [0.29, 0.717) is 0 Å². The van der Waals surface area contributed by atoms with Gasteiger partial charge in [-0.15, -0.1) is 0 Å². The predicted molar refractivity (Wildman–Crippen MR) is 108 cm³/mol. The molecule has 2 N–H and O–H groups in total. The molecule has 1 rings (SSSR count). The molecule has 0 spiro atoms. The third kappa shape index (κ3) is 9.16. The summed E-state index contributed by atoms with van der Waals surface area (Å²) in [6.45, 7) is 2.69. The van der Waals surface area contributed by atoms with E-state index in [1.807, 2.05) is 0 Å². The van der Waals surface area contributed by atoms with E-state index in [1.165, 1.54) is 5.32 Å². The summed E-state index contributed by atoms with van der Waals surface area (Å²) < 4.78 is 68.9. The van der Waals surface area contributed by atoms with Crippen LogP contribution in [0, 0.1) is 0 Å². The second kappa shape index (κ2) is 12.7. The summed E-state index contributed by atoms with van der Waals surface area (Å²) in [7, 11) is 0.822. The zero-order chi connectivity index (χ0) is 28.7. The average Bonchev–Trinajstić information content (AvgIpc) is 2.74. The molecule has 1 heterocycles. The minimum atomic E-state index is -5.47. The van der Waals surface area contributed by atoms with E-state index in [0.717, 1.165) is 34.8 Å². The van der Waals surface area contributed by atoms with Gasteiger partial charge in [0.15, 0.2) is 12.2 Å². The Bertz CT molecular complexity index is 908. The van der Waals surface area contributed by atoms with Crippen molar-refractivity contribution in [3.8, 4) is 0 Å². The number of esters is 5. The molecule has 1 aliphatic rings. The summed E-state index contributed by atoms with van der Waals surface area (Å²) >= 11 is 0. The maximum Gasteiger partial charge on any atom is 0.471 e. The van der Waals surface area contributed by atoms with E-state index in [9.17, 15) is 47.0 Å². The number of aliphatic hydroxyl groups is 1. The molecule has 0 radical (unpaired) electrons. The summed E-state index contributed by atoms with van der Waals surface area (Å²) in [5, 5.41) is 12.3. The van der Waals surface area contributed by atoms with Crippen LogP contribution >= 0.6 is 0 Å². The molecule has 0 unspecified atom stereocenters. The molecule has 210 valence electrons. The quantitative estimate of drug-likeness (QED) is 0.266. The first kappa shape index (κ1) is 31.6. The third-order valence-electron chi connectivity index (χ3n) is 4.70. The van der Waals surface area contributed by atoms with Crippen molar-refractivity contribution >= 4 is 35.8 Å². The molecule has 1 aliphatic heterocycles. The van der Waals surface area contributed by atoms with Crippen LogP contribution in [0.25, 0.3) is 0 Å². The molecule has 0 aliphatic carbocycles. The zero-order valence-electron chi connectivity index (χ0n) is 20.3. The average molecular weight is 545 g/mol. The number of alkyl halides is 3. The minimum Gasteiger partial charge on any atom is -0.465 e. The van der Waals surface area contributed by atoms with Crippen LogP contribution < -0.4 is 5.32 Å². The van der Waals surface area contributed by atoms with Crippen molar-refractivity contribution < 1.29 is 75.5 Å². The Kier molecular flexibility index (Phi) is 10.8. The molecule has 1 amide bonds. The van der Waals surface area contributed by atoms with Gasteiger partial charge in [0.25, 0.3) is 5.79 Å². The lowest BCUT2D eigenvalue weighted by Gasteiger charge is -2.47. The second-order valence-corrected chi connectivity index (χ2v) is 7.73. The molecule has 17 heteroatoms. The predicted octanol–water partition coefficient (Wildman–Crippen LogP) is -0.958. The molecule has 0 aromatic heterocycles. The van der Waals surface area contributed by atoms with Gasteiger partial charge in [-0.2, -0.15) is 13.2 Å². The monoisotopic (exact) mass is 545 g/mol. The largest absolute Gasteiger partial charge is 0.471 e. The van der Waals surface area contributed by atoms with E-state index >= 15 is 0 Å². The molecule has 0 aromatic carbocycles. The number of rotatable bonds is 9.